The molecule has 1 fully saturated rings. The van der Waals surface area contributed by atoms with Crippen molar-refractivity contribution in [3.8, 4) is 11.5 Å². The van der Waals surface area contributed by atoms with Crippen molar-refractivity contribution in [1.82, 2.24) is 5.32 Å². The van der Waals surface area contributed by atoms with Crippen LogP contribution in [0.1, 0.15) is 44.1 Å². The zero-order valence-electron chi connectivity index (χ0n) is 12.8. The normalized spacial score (nSPS) is 16.1. The van der Waals surface area contributed by atoms with Crippen LogP contribution >= 0.6 is 0 Å². The third-order valence-electron chi connectivity index (χ3n) is 3.94. The summed E-state index contributed by atoms with van der Waals surface area (Å²) in [5.41, 5.74) is 1.19. The Bertz CT molecular complexity index is 400. The monoisotopic (exact) mass is 277 g/mol. The third kappa shape index (κ3) is 4.71. The van der Waals surface area contributed by atoms with Crippen molar-refractivity contribution in [1.29, 1.82) is 0 Å². The van der Waals surface area contributed by atoms with Crippen LogP contribution in [0.2, 0.25) is 0 Å². The van der Waals surface area contributed by atoms with E-state index in [0.29, 0.717) is 0 Å². The largest absolute Gasteiger partial charge is 0.493 e. The molecule has 1 aliphatic rings. The van der Waals surface area contributed by atoms with Crippen LogP contribution < -0.4 is 14.8 Å². The van der Waals surface area contributed by atoms with E-state index >= 15 is 0 Å². The molecule has 0 amide bonds. The second-order valence-electron chi connectivity index (χ2n) is 5.65. The van der Waals surface area contributed by atoms with Crippen molar-refractivity contribution in [2.24, 2.45) is 0 Å². The lowest BCUT2D eigenvalue weighted by Gasteiger charge is -2.22. The summed E-state index contributed by atoms with van der Waals surface area (Å²) in [5.74, 6) is 1.67. The molecule has 0 bridgehead atoms. The predicted molar refractivity (Wildman–Crippen MR) is 82.7 cm³/mol. The Balaban J connectivity index is 1.65. The first-order valence-electron chi connectivity index (χ1n) is 7.80. The minimum absolute atomic E-state index is 0.734. The fraction of sp³-hybridized carbons (Fsp3) is 0.647. The minimum atomic E-state index is 0.734. The Hall–Kier alpha value is -1.22. The first-order chi connectivity index (χ1) is 9.79. The van der Waals surface area contributed by atoms with E-state index in [-0.39, 0.29) is 0 Å². The summed E-state index contributed by atoms with van der Waals surface area (Å²) in [5, 5.41) is 3.63. The van der Waals surface area contributed by atoms with Crippen LogP contribution in [-0.2, 0) is 0 Å². The van der Waals surface area contributed by atoms with Gasteiger partial charge in [0.25, 0.3) is 0 Å². The number of ether oxygens (including phenoxy) is 2. The molecule has 3 heteroatoms. The van der Waals surface area contributed by atoms with Crippen molar-refractivity contribution in [2.75, 3.05) is 20.3 Å². The average Bonchev–Trinajstić information content (AvgIpc) is 2.49. The summed E-state index contributed by atoms with van der Waals surface area (Å²) in [6.07, 6.45) is 7.89. The van der Waals surface area contributed by atoms with Crippen LogP contribution in [0, 0.1) is 6.92 Å². The second kappa shape index (κ2) is 8.15. The molecular formula is C17H27NO2. The summed E-state index contributed by atoms with van der Waals surface area (Å²) in [7, 11) is 1.69. The van der Waals surface area contributed by atoms with Gasteiger partial charge in [-0.05, 0) is 50.4 Å². The highest BCUT2D eigenvalue weighted by molar-refractivity contribution is 5.42. The van der Waals surface area contributed by atoms with Gasteiger partial charge in [0.1, 0.15) is 0 Å². The smallest absolute Gasteiger partial charge is 0.161 e. The van der Waals surface area contributed by atoms with Crippen molar-refractivity contribution in [2.45, 2.75) is 51.5 Å². The SMILES string of the molecule is COc1cc(C)ccc1OCCCNC1CCCCC1. The van der Waals surface area contributed by atoms with Gasteiger partial charge in [0.15, 0.2) is 11.5 Å². The van der Waals surface area contributed by atoms with E-state index in [1.807, 2.05) is 12.1 Å². The van der Waals surface area contributed by atoms with Crippen molar-refractivity contribution < 1.29 is 9.47 Å². The first-order valence-corrected chi connectivity index (χ1v) is 7.80. The van der Waals surface area contributed by atoms with Gasteiger partial charge in [0, 0.05) is 6.04 Å². The number of benzene rings is 1. The van der Waals surface area contributed by atoms with Gasteiger partial charge in [0.05, 0.1) is 13.7 Å². The fourth-order valence-electron chi connectivity index (χ4n) is 2.76. The Kier molecular flexibility index (Phi) is 6.19. The summed E-state index contributed by atoms with van der Waals surface area (Å²) in [6.45, 7) is 3.83. The van der Waals surface area contributed by atoms with Crippen LogP contribution in [0.15, 0.2) is 18.2 Å². The molecule has 0 aromatic heterocycles. The Labute approximate surface area is 122 Å². The predicted octanol–water partition coefficient (Wildman–Crippen LogP) is 3.69. The first kappa shape index (κ1) is 15.2. The molecule has 1 aromatic rings. The number of hydrogen-bond donors (Lipinski definition) is 1. The summed E-state index contributed by atoms with van der Waals surface area (Å²) in [6, 6.07) is 6.79. The molecule has 1 aliphatic carbocycles. The van der Waals surface area contributed by atoms with Crippen molar-refractivity contribution >= 4 is 0 Å². The Morgan fingerprint density at radius 3 is 2.70 bits per heavy atom. The zero-order chi connectivity index (χ0) is 14.2. The van der Waals surface area contributed by atoms with E-state index in [2.05, 4.69) is 18.3 Å². The molecule has 0 aliphatic heterocycles. The van der Waals surface area contributed by atoms with Gasteiger partial charge in [-0.15, -0.1) is 0 Å². The van der Waals surface area contributed by atoms with Crippen LogP contribution in [0.5, 0.6) is 11.5 Å². The highest BCUT2D eigenvalue weighted by atomic mass is 16.5. The fourth-order valence-corrected chi connectivity index (χ4v) is 2.76. The Morgan fingerprint density at radius 1 is 1.15 bits per heavy atom. The Morgan fingerprint density at radius 2 is 1.95 bits per heavy atom. The maximum atomic E-state index is 5.81. The van der Waals surface area contributed by atoms with Gasteiger partial charge in [-0.2, -0.15) is 0 Å². The molecule has 0 heterocycles. The zero-order valence-corrected chi connectivity index (χ0v) is 12.8. The molecule has 20 heavy (non-hydrogen) atoms. The lowest BCUT2D eigenvalue weighted by atomic mass is 9.95. The molecule has 2 rings (SSSR count). The van der Waals surface area contributed by atoms with E-state index in [0.717, 1.165) is 37.1 Å². The van der Waals surface area contributed by atoms with Gasteiger partial charge in [-0.3, -0.25) is 0 Å². The quantitative estimate of drug-likeness (QED) is 0.771. The summed E-state index contributed by atoms with van der Waals surface area (Å²) in [4.78, 5) is 0. The minimum Gasteiger partial charge on any atom is -0.493 e. The molecule has 0 saturated heterocycles. The highest BCUT2D eigenvalue weighted by Crippen LogP contribution is 2.27. The number of aryl methyl sites for hydroxylation is 1. The molecule has 3 nitrogen and oxygen atoms in total. The van der Waals surface area contributed by atoms with E-state index in [9.17, 15) is 0 Å². The maximum Gasteiger partial charge on any atom is 0.161 e. The average molecular weight is 277 g/mol. The van der Waals surface area contributed by atoms with Crippen LogP contribution in [0.25, 0.3) is 0 Å². The number of methoxy groups -OCH3 is 1. The highest BCUT2D eigenvalue weighted by Gasteiger charge is 2.11. The maximum absolute atomic E-state index is 5.81. The molecule has 0 radical (unpaired) electrons. The van der Waals surface area contributed by atoms with E-state index in [1.165, 1.54) is 37.7 Å². The topological polar surface area (TPSA) is 30.5 Å². The van der Waals surface area contributed by atoms with Gasteiger partial charge in [0.2, 0.25) is 0 Å². The van der Waals surface area contributed by atoms with E-state index in [4.69, 9.17) is 9.47 Å². The second-order valence-corrected chi connectivity index (χ2v) is 5.65. The number of rotatable bonds is 7. The summed E-state index contributed by atoms with van der Waals surface area (Å²) < 4.78 is 11.1. The van der Waals surface area contributed by atoms with Crippen LogP contribution in [0.4, 0.5) is 0 Å². The molecule has 1 N–H and O–H groups in total. The standard InChI is InChI=1S/C17H27NO2/c1-14-9-10-16(17(13-14)19-2)20-12-6-11-18-15-7-4-3-5-8-15/h9-10,13,15,18H,3-8,11-12H2,1-2H3. The molecule has 0 atom stereocenters. The van der Waals surface area contributed by atoms with E-state index < -0.39 is 0 Å². The van der Waals surface area contributed by atoms with E-state index in [1.54, 1.807) is 7.11 Å². The molecule has 0 unspecified atom stereocenters. The lowest BCUT2D eigenvalue weighted by molar-refractivity contribution is 0.280. The molecule has 1 aromatic carbocycles. The molecule has 1 saturated carbocycles. The molecular weight excluding hydrogens is 250 g/mol. The van der Waals surface area contributed by atoms with Crippen LogP contribution in [0.3, 0.4) is 0 Å². The molecule has 0 spiro atoms. The van der Waals surface area contributed by atoms with Gasteiger partial charge < -0.3 is 14.8 Å². The number of hydrogen-bond acceptors (Lipinski definition) is 3. The molecule has 112 valence electrons. The van der Waals surface area contributed by atoms with Crippen molar-refractivity contribution in [3.05, 3.63) is 23.8 Å². The van der Waals surface area contributed by atoms with Crippen molar-refractivity contribution in [3.63, 3.8) is 0 Å². The van der Waals surface area contributed by atoms with Gasteiger partial charge >= 0.3 is 0 Å². The number of nitrogens with one attached hydrogen (secondary N) is 1. The van der Waals surface area contributed by atoms with Gasteiger partial charge in [-0.25, -0.2) is 0 Å². The van der Waals surface area contributed by atoms with Crippen LogP contribution in [-0.4, -0.2) is 26.3 Å². The van der Waals surface area contributed by atoms with Gasteiger partial charge in [-0.1, -0.05) is 25.3 Å². The summed E-state index contributed by atoms with van der Waals surface area (Å²) >= 11 is 0. The lowest BCUT2D eigenvalue weighted by Crippen LogP contribution is -2.32. The third-order valence-corrected chi connectivity index (χ3v) is 3.94.